The summed E-state index contributed by atoms with van der Waals surface area (Å²) in [5, 5.41) is 12.9. The van der Waals surface area contributed by atoms with Crippen LogP contribution in [0.3, 0.4) is 0 Å². The summed E-state index contributed by atoms with van der Waals surface area (Å²) in [7, 11) is 0. The lowest BCUT2D eigenvalue weighted by atomic mass is 10.2. The van der Waals surface area contributed by atoms with Crippen LogP contribution in [0.25, 0.3) is 0 Å². The maximum Gasteiger partial charge on any atom is 0.262 e. The Labute approximate surface area is 114 Å². The second-order valence-corrected chi connectivity index (χ2v) is 5.02. The number of hydrogen-bond acceptors (Lipinski definition) is 6. The van der Waals surface area contributed by atoms with Crippen LogP contribution in [0.2, 0.25) is 0 Å². The molecule has 0 aromatic carbocycles. The van der Waals surface area contributed by atoms with Crippen LogP contribution in [0, 0.1) is 20.8 Å². The lowest BCUT2D eigenvalue weighted by Crippen LogP contribution is -2.13. The van der Waals surface area contributed by atoms with E-state index in [1.165, 1.54) is 11.8 Å². The van der Waals surface area contributed by atoms with Crippen molar-refractivity contribution in [3.05, 3.63) is 34.8 Å². The molecule has 19 heavy (non-hydrogen) atoms. The predicted octanol–water partition coefficient (Wildman–Crippen LogP) is 2.24. The van der Waals surface area contributed by atoms with Gasteiger partial charge < -0.3 is 15.4 Å². The molecule has 0 unspecified atom stereocenters. The van der Waals surface area contributed by atoms with Crippen molar-refractivity contribution in [1.29, 1.82) is 0 Å². The van der Waals surface area contributed by atoms with Crippen molar-refractivity contribution in [3.63, 3.8) is 0 Å². The summed E-state index contributed by atoms with van der Waals surface area (Å²) in [6, 6.07) is 3.47. The zero-order valence-electron chi connectivity index (χ0n) is 10.8. The highest BCUT2D eigenvalue weighted by atomic mass is 32.2. The molecule has 0 saturated heterocycles. The number of pyridine rings is 1. The van der Waals surface area contributed by atoms with E-state index in [0.717, 1.165) is 17.1 Å². The summed E-state index contributed by atoms with van der Waals surface area (Å²) in [6.07, 6.45) is 0. The van der Waals surface area contributed by atoms with Gasteiger partial charge in [0.2, 0.25) is 0 Å². The van der Waals surface area contributed by atoms with Crippen LogP contribution in [0.5, 0.6) is 0 Å². The number of oxime groups is 1. The average Bonchev–Trinajstić information content (AvgIpc) is 2.66. The molecular formula is C12H14N4O2S. The highest BCUT2D eigenvalue weighted by Crippen LogP contribution is 2.27. The number of amidine groups is 1. The zero-order chi connectivity index (χ0) is 14.0. The SMILES string of the molecule is Cc1cc(/C(N)=N/O)cc(Sc2nc(C)c(C)o2)n1. The smallest absolute Gasteiger partial charge is 0.262 e. The lowest BCUT2D eigenvalue weighted by molar-refractivity contribution is 0.318. The summed E-state index contributed by atoms with van der Waals surface area (Å²) in [6.45, 7) is 5.58. The van der Waals surface area contributed by atoms with Crippen LogP contribution in [0.4, 0.5) is 0 Å². The summed E-state index contributed by atoms with van der Waals surface area (Å²) < 4.78 is 5.49. The molecule has 6 nitrogen and oxygen atoms in total. The Morgan fingerprint density at radius 2 is 2.05 bits per heavy atom. The third-order valence-electron chi connectivity index (χ3n) is 2.53. The molecule has 0 radical (unpaired) electrons. The summed E-state index contributed by atoms with van der Waals surface area (Å²) in [5.74, 6) is 0.832. The van der Waals surface area contributed by atoms with E-state index in [2.05, 4.69) is 15.1 Å². The van der Waals surface area contributed by atoms with Crippen molar-refractivity contribution in [1.82, 2.24) is 9.97 Å². The maximum atomic E-state index is 8.70. The van der Waals surface area contributed by atoms with Gasteiger partial charge in [-0.25, -0.2) is 9.97 Å². The average molecular weight is 278 g/mol. The Morgan fingerprint density at radius 3 is 2.63 bits per heavy atom. The minimum absolute atomic E-state index is 0.0483. The Balaban J connectivity index is 2.32. The molecule has 2 heterocycles. The standard InChI is InChI=1S/C12H14N4O2S/c1-6-4-9(11(13)16-17)5-10(14-6)19-12-15-7(2)8(3)18-12/h4-5,17H,1-3H3,(H2,13,16). The molecule has 0 bridgehead atoms. The van der Waals surface area contributed by atoms with Crippen LogP contribution in [0.1, 0.15) is 22.7 Å². The third kappa shape index (κ3) is 3.05. The molecule has 2 aromatic rings. The van der Waals surface area contributed by atoms with Gasteiger partial charge in [-0.05, 0) is 44.7 Å². The van der Waals surface area contributed by atoms with Gasteiger partial charge in [-0.3, -0.25) is 0 Å². The van der Waals surface area contributed by atoms with Gasteiger partial charge in [0, 0.05) is 11.3 Å². The first kappa shape index (κ1) is 13.4. The highest BCUT2D eigenvalue weighted by Gasteiger charge is 2.11. The largest absolute Gasteiger partial charge is 0.436 e. The van der Waals surface area contributed by atoms with Gasteiger partial charge in [-0.15, -0.1) is 0 Å². The molecule has 3 N–H and O–H groups in total. The van der Waals surface area contributed by atoms with Crippen molar-refractivity contribution in [2.45, 2.75) is 31.0 Å². The second kappa shape index (κ2) is 5.31. The highest BCUT2D eigenvalue weighted by molar-refractivity contribution is 7.99. The lowest BCUT2D eigenvalue weighted by Gasteiger charge is -2.03. The minimum Gasteiger partial charge on any atom is -0.436 e. The quantitative estimate of drug-likeness (QED) is 0.387. The van der Waals surface area contributed by atoms with Gasteiger partial charge in [0.25, 0.3) is 5.22 Å². The van der Waals surface area contributed by atoms with Crippen molar-refractivity contribution in [2.24, 2.45) is 10.9 Å². The number of hydrogen-bond donors (Lipinski definition) is 2. The molecular weight excluding hydrogens is 264 g/mol. The van der Waals surface area contributed by atoms with E-state index < -0.39 is 0 Å². The minimum atomic E-state index is 0.0483. The van der Waals surface area contributed by atoms with Crippen LogP contribution in [-0.4, -0.2) is 21.0 Å². The van der Waals surface area contributed by atoms with Gasteiger partial charge >= 0.3 is 0 Å². The molecule has 2 aromatic heterocycles. The number of aryl methyl sites for hydroxylation is 3. The molecule has 7 heteroatoms. The molecule has 0 amide bonds. The van der Waals surface area contributed by atoms with Crippen LogP contribution in [0.15, 0.2) is 32.0 Å². The Bertz CT molecular complexity index is 617. The predicted molar refractivity (Wildman–Crippen MR) is 71.6 cm³/mol. The molecule has 0 aliphatic rings. The maximum absolute atomic E-state index is 8.70. The Kier molecular flexibility index (Phi) is 3.75. The third-order valence-corrected chi connectivity index (χ3v) is 3.30. The van der Waals surface area contributed by atoms with Gasteiger partial charge in [0.05, 0.1) is 5.69 Å². The topological polar surface area (TPSA) is 97.5 Å². The fourth-order valence-electron chi connectivity index (χ4n) is 1.47. The number of nitrogens with zero attached hydrogens (tertiary/aromatic N) is 3. The first-order chi connectivity index (χ1) is 8.99. The monoisotopic (exact) mass is 278 g/mol. The van der Waals surface area contributed by atoms with Crippen LogP contribution >= 0.6 is 11.8 Å². The number of nitrogens with two attached hydrogens (primary N) is 1. The fraction of sp³-hybridized carbons (Fsp3) is 0.250. The molecule has 0 fully saturated rings. The van der Waals surface area contributed by atoms with Crippen LogP contribution in [-0.2, 0) is 0 Å². The fourth-order valence-corrected chi connectivity index (χ4v) is 2.38. The van der Waals surface area contributed by atoms with Gasteiger partial charge in [-0.1, -0.05) is 5.16 Å². The van der Waals surface area contributed by atoms with Crippen molar-refractivity contribution in [2.75, 3.05) is 0 Å². The van der Waals surface area contributed by atoms with E-state index >= 15 is 0 Å². The van der Waals surface area contributed by atoms with Gasteiger partial charge in [-0.2, -0.15) is 0 Å². The van der Waals surface area contributed by atoms with Crippen molar-refractivity contribution in [3.8, 4) is 0 Å². The van der Waals surface area contributed by atoms with Gasteiger partial charge in [0.15, 0.2) is 5.84 Å². The summed E-state index contributed by atoms with van der Waals surface area (Å²) in [4.78, 5) is 8.63. The molecule has 0 spiro atoms. The first-order valence-corrected chi connectivity index (χ1v) is 6.39. The zero-order valence-corrected chi connectivity index (χ0v) is 11.7. The van der Waals surface area contributed by atoms with E-state index in [1.807, 2.05) is 20.8 Å². The molecule has 0 aliphatic heterocycles. The van der Waals surface area contributed by atoms with E-state index in [-0.39, 0.29) is 5.84 Å². The molecule has 2 rings (SSSR count). The van der Waals surface area contributed by atoms with Crippen LogP contribution < -0.4 is 5.73 Å². The van der Waals surface area contributed by atoms with E-state index in [0.29, 0.717) is 15.8 Å². The van der Waals surface area contributed by atoms with E-state index in [4.69, 9.17) is 15.4 Å². The molecule has 0 atom stereocenters. The second-order valence-electron chi connectivity index (χ2n) is 4.04. The normalized spacial score (nSPS) is 11.8. The van der Waals surface area contributed by atoms with E-state index in [9.17, 15) is 0 Å². The Hall–Kier alpha value is -2.02. The van der Waals surface area contributed by atoms with E-state index in [1.54, 1.807) is 12.1 Å². The van der Waals surface area contributed by atoms with Gasteiger partial charge in [0.1, 0.15) is 10.8 Å². The number of rotatable bonds is 3. The summed E-state index contributed by atoms with van der Waals surface area (Å²) in [5.41, 5.74) is 7.81. The first-order valence-electron chi connectivity index (χ1n) is 5.58. The number of aromatic nitrogens is 2. The van der Waals surface area contributed by atoms with Crippen molar-refractivity contribution < 1.29 is 9.62 Å². The number of oxazole rings is 1. The molecule has 0 aliphatic carbocycles. The molecule has 100 valence electrons. The molecule has 0 saturated carbocycles. The summed E-state index contributed by atoms with van der Waals surface area (Å²) >= 11 is 1.30. The Morgan fingerprint density at radius 1 is 1.32 bits per heavy atom. The van der Waals surface area contributed by atoms with Crippen molar-refractivity contribution >= 4 is 17.6 Å².